The Labute approximate surface area is 177 Å². The summed E-state index contributed by atoms with van der Waals surface area (Å²) in [6, 6.07) is 18.3. The summed E-state index contributed by atoms with van der Waals surface area (Å²) in [5, 5.41) is 4.51. The maximum absolute atomic E-state index is 12.3. The summed E-state index contributed by atoms with van der Waals surface area (Å²) in [7, 11) is 0. The number of cyclic esters (lactones) is 1. The molecule has 1 N–H and O–H groups in total. The van der Waals surface area contributed by atoms with Crippen molar-refractivity contribution >= 4 is 34.9 Å². The minimum Gasteiger partial charge on any atom is -0.456 e. The van der Waals surface area contributed by atoms with Gasteiger partial charge in [0.15, 0.2) is 0 Å². The molecule has 0 radical (unpaired) electrons. The lowest BCUT2D eigenvalue weighted by Crippen LogP contribution is -2.21. The Bertz CT molecular complexity index is 1260. The van der Waals surface area contributed by atoms with E-state index in [0.29, 0.717) is 15.7 Å². The number of benzene rings is 3. The molecule has 1 aliphatic carbocycles. The van der Waals surface area contributed by atoms with Gasteiger partial charge in [-0.2, -0.15) is 0 Å². The van der Waals surface area contributed by atoms with Crippen molar-refractivity contribution in [1.29, 1.82) is 0 Å². The fourth-order valence-electron chi connectivity index (χ4n) is 4.84. The average Bonchev–Trinajstić information content (AvgIpc) is 3.27. The van der Waals surface area contributed by atoms with Crippen molar-refractivity contribution < 1.29 is 9.53 Å². The molecular weight excluding hydrogens is 405 g/mol. The summed E-state index contributed by atoms with van der Waals surface area (Å²) >= 11 is 12.8. The van der Waals surface area contributed by atoms with Gasteiger partial charge in [-0.05, 0) is 58.0 Å². The Kier molecular flexibility index (Phi) is 3.62. The highest BCUT2D eigenvalue weighted by Gasteiger charge is 2.40. The lowest BCUT2D eigenvalue weighted by molar-refractivity contribution is -0.135. The molecule has 0 aromatic heterocycles. The van der Waals surface area contributed by atoms with Gasteiger partial charge in [0.1, 0.15) is 12.3 Å². The lowest BCUT2D eigenvalue weighted by Gasteiger charge is -2.30. The lowest BCUT2D eigenvalue weighted by atomic mass is 9.78. The number of rotatable bonds is 1. The second-order valence-corrected chi connectivity index (χ2v) is 8.43. The Morgan fingerprint density at radius 3 is 2.72 bits per heavy atom. The minimum absolute atomic E-state index is 0.151. The zero-order valence-electron chi connectivity index (χ0n) is 15.3. The van der Waals surface area contributed by atoms with Crippen LogP contribution in [0.15, 0.2) is 65.9 Å². The molecule has 0 fully saturated rings. The quantitative estimate of drug-likeness (QED) is 0.388. The van der Waals surface area contributed by atoms with Crippen LogP contribution in [-0.2, 0) is 16.0 Å². The molecule has 3 aromatic carbocycles. The molecule has 29 heavy (non-hydrogen) atoms. The summed E-state index contributed by atoms with van der Waals surface area (Å²) in [4.78, 5) is 12.3. The van der Waals surface area contributed by atoms with E-state index in [2.05, 4.69) is 41.7 Å². The second-order valence-electron chi connectivity index (χ2n) is 7.59. The summed E-state index contributed by atoms with van der Waals surface area (Å²) < 4.78 is 5.38. The third-order valence-corrected chi connectivity index (χ3v) is 6.65. The highest BCUT2D eigenvalue weighted by molar-refractivity contribution is 6.35. The predicted molar refractivity (Wildman–Crippen MR) is 115 cm³/mol. The number of carbonyl (C=O) groups excluding carboxylic acids is 1. The smallest absolute Gasteiger partial charge is 0.355 e. The van der Waals surface area contributed by atoms with E-state index in [-0.39, 0.29) is 18.5 Å². The number of fused-ring (bicyclic) bond motifs is 5. The second kappa shape index (κ2) is 6.12. The molecule has 142 valence electrons. The molecule has 3 aromatic rings. The SMILES string of the molecule is O=C1OCC2=C1Nc1ccc3c(c1C2c1ccc(Cl)cc1Cl)Cc1ccccc1-3. The monoisotopic (exact) mass is 419 g/mol. The van der Waals surface area contributed by atoms with Gasteiger partial charge >= 0.3 is 5.97 Å². The fraction of sp³-hybridized carbons (Fsp3) is 0.125. The van der Waals surface area contributed by atoms with Gasteiger partial charge < -0.3 is 10.1 Å². The van der Waals surface area contributed by atoms with Crippen LogP contribution in [0.4, 0.5) is 5.69 Å². The van der Waals surface area contributed by atoms with Crippen LogP contribution in [0.3, 0.4) is 0 Å². The topological polar surface area (TPSA) is 38.3 Å². The van der Waals surface area contributed by atoms with Crippen LogP contribution >= 0.6 is 23.2 Å². The third-order valence-electron chi connectivity index (χ3n) is 6.09. The first-order chi connectivity index (χ1) is 14.1. The predicted octanol–water partition coefficient (Wildman–Crippen LogP) is 5.93. The molecule has 3 nitrogen and oxygen atoms in total. The first-order valence-electron chi connectivity index (χ1n) is 9.48. The maximum Gasteiger partial charge on any atom is 0.355 e. The van der Waals surface area contributed by atoms with Gasteiger partial charge in [0.25, 0.3) is 0 Å². The number of esters is 1. The number of carbonyl (C=O) groups is 1. The molecular formula is C24H15Cl2NO2. The molecule has 2 heterocycles. The van der Waals surface area contributed by atoms with Crippen molar-refractivity contribution in [2.45, 2.75) is 12.3 Å². The van der Waals surface area contributed by atoms with Gasteiger partial charge in [0, 0.05) is 27.2 Å². The van der Waals surface area contributed by atoms with E-state index in [1.54, 1.807) is 6.07 Å². The van der Waals surface area contributed by atoms with Gasteiger partial charge in [-0.15, -0.1) is 0 Å². The number of hydrogen-bond donors (Lipinski definition) is 1. The average molecular weight is 420 g/mol. The van der Waals surface area contributed by atoms with E-state index >= 15 is 0 Å². The van der Waals surface area contributed by atoms with Crippen LogP contribution in [0.1, 0.15) is 28.2 Å². The normalized spacial score (nSPS) is 18.6. The van der Waals surface area contributed by atoms with Gasteiger partial charge in [-0.25, -0.2) is 4.79 Å². The van der Waals surface area contributed by atoms with Crippen molar-refractivity contribution in [1.82, 2.24) is 0 Å². The molecule has 6 rings (SSSR count). The number of nitrogens with one attached hydrogen (secondary N) is 1. The zero-order valence-corrected chi connectivity index (χ0v) is 16.8. The number of halogens is 2. The summed E-state index contributed by atoms with van der Waals surface area (Å²) in [5.74, 6) is -0.466. The highest BCUT2D eigenvalue weighted by atomic mass is 35.5. The van der Waals surface area contributed by atoms with Gasteiger partial charge in [-0.1, -0.05) is 59.6 Å². The van der Waals surface area contributed by atoms with Crippen LogP contribution in [0.2, 0.25) is 10.0 Å². The molecule has 0 spiro atoms. The van der Waals surface area contributed by atoms with Crippen LogP contribution in [0, 0.1) is 0 Å². The Balaban J connectivity index is 1.63. The number of anilines is 1. The number of hydrogen-bond acceptors (Lipinski definition) is 3. The molecule has 1 unspecified atom stereocenters. The van der Waals surface area contributed by atoms with Crippen LogP contribution < -0.4 is 5.32 Å². The minimum atomic E-state index is -0.315. The van der Waals surface area contributed by atoms with Crippen LogP contribution in [0.25, 0.3) is 11.1 Å². The van der Waals surface area contributed by atoms with E-state index in [4.69, 9.17) is 27.9 Å². The largest absolute Gasteiger partial charge is 0.456 e. The van der Waals surface area contributed by atoms with E-state index in [1.165, 1.54) is 27.8 Å². The molecule has 3 aliphatic rings. The first-order valence-corrected chi connectivity index (χ1v) is 10.2. The zero-order chi connectivity index (χ0) is 19.7. The van der Waals surface area contributed by atoms with Gasteiger partial charge in [0.2, 0.25) is 0 Å². The standard InChI is InChI=1S/C24H15Cl2NO2/c25-13-5-6-16(19(26)10-13)21-18-11-29-24(28)23(18)27-20-8-7-15-14-4-2-1-3-12(14)9-17(15)22(20)21/h1-8,10,21,27H,9,11H2. The fourth-order valence-corrected chi connectivity index (χ4v) is 5.36. The summed E-state index contributed by atoms with van der Waals surface area (Å²) in [5.41, 5.74) is 9.60. The first kappa shape index (κ1) is 17.1. The van der Waals surface area contributed by atoms with E-state index < -0.39 is 0 Å². The van der Waals surface area contributed by atoms with Crippen LogP contribution in [0.5, 0.6) is 0 Å². The molecule has 0 amide bonds. The van der Waals surface area contributed by atoms with Crippen molar-refractivity contribution in [3.05, 3.63) is 98.2 Å². The Morgan fingerprint density at radius 1 is 1.00 bits per heavy atom. The molecule has 1 atom stereocenters. The van der Waals surface area contributed by atoms with Crippen molar-refractivity contribution in [3.63, 3.8) is 0 Å². The molecule has 2 aliphatic heterocycles. The van der Waals surface area contributed by atoms with Crippen molar-refractivity contribution in [2.75, 3.05) is 11.9 Å². The van der Waals surface area contributed by atoms with Crippen molar-refractivity contribution in [2.24, 2.45) is 0 Å². The maximum atomic E-state index is 12.3. The van der Waals surface area contributed by atoms with E-state index in [0.717, 1.165) is 23.2 Å². The summed E-state index contributed by atoms with van der Waals surface area (Å²) in [6.07, 6.45) is 0.857. The van der Waals surface area contributed by atoms with E-state index in [9.17, 15) is 4.79 Å². The third kappa shape index (κ3) is 2.41. The molecule has 0 bridgehead atoms. The summed E-state index contributed by atoms with van der Waals surface area (Å²) in [6.45, 7) is 0.265. The molecule has 0 saturated carbocycles. The molecule has 0 saturated heterocycles. The Hall–Kier alpha value is -2.75. The molecule has 5 heteroatoms. The van der Waals surface area contributed by atoms with Crippen molar-refractivity contribution in [3.8, 4) is 11.1 Å². The van der Waals surface area contributed by atoms with Gasteiger partial charge in [0.05, 0.1) is 0 Å². The highest BCUT2D eigenvalue weighted by Crippen LogP contribution is 2.51. The number of ether oxygens (including phenoxy) is 1. The van der Waals surface area contributed by atoms with E-state index in [1.807, 2.05) is 12.1 Å². The van der Waals surface area contributed by atoms with Crippen LogP contribution in [-0.4, -0.2) is 12.6 Å². The Morgan fingerprint density at radius 2 is 1.86 bits per heavy atom. The van der Waals surface area contributed by atoms with Gasteiger partial charge in [-0.3, -0.25) is 0 Å².